The standard InChI is InChI=1S/C24H24N2O6/c1-3-31-20(27)18-23(11-12-32-22(23)29)26-19(14-7-5-4-6-8-14)24(18)16-13-15(30-2)9-10-17(16)25-21(24)28/h4-10,13,18-19,26H,3,11-12H2,1-2H3,(H,25,28)/t18-,19+,23+,24+/m1/s1. The first-order valence-corrected chi connectivity index (χ1v) is 10.7. The molecule has 2 saturated heterocycles. The van der Waals surface area contributed by atoms with E-state index in [2.05, 4.69) is 10.6 Å². The fourth-order valence-electron chi connectivity index (χ4n) is 5.57. The Labute approximate surface area is 185 Å². The highest BCUT2D eigenvalue weighted by Crippen LogP contribution is 2.61. The van der Waals surface area contributed by atoms with Crippen molar-refractivity contribution in [3.05, 3.63) is 59.7 Å². The Hall–Kier alpha value is -3.39. The number of esters is 2. The molecule has 2 spiro atoms. The van der Waals surface area contributed by atoms with Crippen molar-refractivity contribution in [3.8, 4) is 5.75 Å². The van der Waals surface area contributed by atoms with E-state index in [0.717, 1.165) is 5.56 Å². The minimum atomic E-state index is -1.43. The number of fused-ring (bicyclic) bond motifs is 2. The SMILES string of the molecule is CCOC(=O)[C@H]1[C@]2(C(=O)Nc3ccc(OC)cc32)[C@H](c2ccccc2)N[C@@]12CCOC2=O. The molecule has 8 heteroatoms. The Morgan fingerprint density at radius 1 is 1.19 bits per heavy atom. The molecule has 166 valence electrons. The maximum absolute atomic E-state index is 13.9. The third kappa shape index (κ3) is 2.56. The first-order valence-electron chi connectivity index (χ1n) is 10.7. The Balaban J connectivity index is 1.83. The van der Waals surface area contributed by atoms with E-state index in [1.165, 1.54) is 0 Å². The van der Waals surface area contributed by atoms with Crippen molar-refractivity contribution >= 4 is 23.5 Å². The molecule has 0 unspecified atom stereocenters. The van der Waals surface area contributed by atoms with Gasteiger partial charge < -0.3 is 19.5 Å². The summed E-state index contributed by atoms with van der Waals surface area (Å²) in [6.45, 7) is 1.98. The highest BCUT2D eigenvalue weighted by atomic mass is 16.5. The summed E-state index contributed by atoms with van der Waals surface area (Å²) >= 11 is 0. The van der Waals surface area contributed by atoms with Crippen molar-refractivity contribution in [2.45, 2.75) is 30.3 Å². The van der Waals surface area contributed by atoms with Crippen LogP contribution >= 0.6 is 0 Å². The van der Waals surface area contributed by atoms with Gasteiger partial charge >= 0.3 is 11.9 Å². The molecule has 0 aliphatic carbocycles. The van der Waals surface area contributed by atoms with Crippen molar-refractivity contribution in [1.29, 1.82) is 0 Å². The van der Waals surface area contributed by atoms with Gasteiger partial charge in [-0.15, -0.1) is 0 Å². The molecule has 0 saturated carbocycles. The number of cyclic esters (lactones) is 1. The second-order valence-electron chi connectivity index (χ2n) is 8.27. The number of carbonyl (C=O) groups excluding carboxylic acids is 3. The summed E-state index contributed by atoms with van der Waals surface area (Å²) in [7, 11) is 1.54. The molecule has 2 N–H and O–H groups in total. The monoisotopic (exact) mass is 436 g/mol. The Bertz CT molecular complexity index is 1100. The average molecular weight is 436 g/mol. The van der Waals surface area contributed by atoms with E-state index in [1.807, 2.05) is 30.3 Å². The van der Waals surface area contributed by atoms with Crippen molar-refractivity contribution in [2.75, 3.05) is 25.6 Å². The first-order chi connectivity index (χ1) is 15.5. The highest BCUT2D eigenvalue weighted by Gasteiger charge is 2.75. The van der Waals surface area contributed by atoms with E-state index < -0.39 is 34.9 Å². The third-order valence-electron chi connectivity index (χ3n) is 6.85. The van der Waals surface area contributed by atoms with Crippen LogP contribution < -0.4 is 15.4 Å². The fraction of sp³-hybridized carbons (Fsp3) is 0.375. The summed E-state index contributed by atoms with van der Waals surface area (Å²) < 4.78 is 16.2. The number of carbonyl (C=O) groups is 3. The fourth-order valence-corrected chi connectivity index (χ4v) is 5.57. The molecular weight excluding hydrogens is 412 g/mol. The van der Waals surface area contributed by atoms with Gasteiger partial charge in [-0.25, -0.2) is 0 Å². The summed E-state index contributed by atoms with van der Waals surface area (Å²) in [5.41, 5.74) is -0.853. The minimum absolute atomic E-state index is 0.124. The maximum atomic E-state index is 13.9. The van der Waals surface area contributed by atoms with Gasteiger partial charge in [0.15, 0.2) is 0 Å². The molecule has 0 aromatic heterocycles. The van der Waals surface area contributed by atoms with Crippen molar-refractivity contribution in [2.24, 2.45) is 5.92 Å². The topological polar surface area (TPSA) is 103 Å². The predicted octanol–water partition coefficient (Wildman–Crippen LogP) is 2.09. The van der Waals surface area contributed by atoms with Crippen LogP contribution in [0.3, 0.4) is 0 Å². The molecule has 32 heavy (non-hydrogen) atoms. The lowest BCUT2D eigenvalue weighted by molar-refractivity contribution is -0.159. The Kier molecular flexibility index (Phi) is 4.70. The van der Waals surface area contributed by atoms with Gasteiger partial charge in [0.25, 0.3) is 0 Å². The maximum Gasteiger partial charge on any atom is 0.327 e. The van der Waals surface area contributed by atoms with Gasteiger partial charge in [0.05, 0.1) is 26.4 Å². The van der Waals surface area contributed by atoms with Crippen LogP contribution in [0.4, 0.5) is 5.69 Å². The lowest BCUT2D eigenvalue weighted by atomic mass is 9.62. The van der Waals surface area contributed by atoms with Gasteiger partial charge in [-0.3, -0.25) is 19.7 Å². The van der Waals surface area contributed by atoms with Gasteiger partial charge in [-0.1, -0.05) is 30.3 Å². The van der Waals surface area contributed by atoms with Crippen molar-refractivity contribution < 1.29 is 28.6 Å². The van der Waals surface area contributed by atoms with Crippen molar-refractivity contribution in [1.82, 2.24) is 5.32 Å². The van der Waals surface area contributed by atoms with E-state index in [4.69, 9.17) is 14.2 Å². The van der Waals surface area contributed by atoms with Gasteiger partial charge in [-0.2, -0.15) is 0 Å². The summed E-state index contributed by atoms with van der Waals surface area (Å²) in [6, 6.07) is 14.0. The van der Waals surface area contributed by atoms with Gasteiger partial charge in [0.1, 0.15) is 22.6 Å². The molecule has 2 aromatic rings. The largest absolute Gasteiger partial charge is 0.497 e. The molecule has 1 amide bonds. The van der Waals surface area contributed by atoms with Crippen LogP contribution in [0, 0.1) is 5.92 Å². The van der Waals surface area contributed by atoms with Crippen molar-refractivity contribution in [3.63, 3.8) is 0 Å². The zero-order valence-corrected chi connectivity index (χ0v) is 17.8. The molecule has 3 heterocycles. The lowest BCUT2D eigenvalue weighted by Crippen LogP contribution is -2.56. The predicted molar refractivity (Wildman–Crippen MR) is 114 cm³/mol. The Morgan fingerprint density at radius 3 is 2.62 bits per heavy atom. The van der Waals surface area contributed by atoms with Crippen LogP contribution in [0.5, 0.6) is 5.75 Å². The molecule has 3 aliphatic heterocycles. The molecule has 5 rings (SSSR count). The number of amides is 1. The van der Waals surface area contributed by atoms with Crippen LogP contribution in [0.25, 0.3) is 0 Å². The van der Waals surface area contributed by atoms with Crippen LogP contribution in [0.2, 0.25) is 0 Å². The number of nitrogens with one attached hydrogen (secondary N) is 2. The summed E-state index contributed by atoms with van der Waals surface area (Å²) in [5, 5.41) is 6.32. The Morgan fingerprint density at radius 2 is 1.97 bits per heavy atom. The number of ether oxygens (including phenoxy) is 3. The number of hydrogen-bond donors (Lipinski definition) is 2. The van der Waals surface area contributed by atoms with Crippen LogP contribution in [0.1, 0.15) is 30.5 Å². The van der Waals surface area contributed by atoms with Gasteiger partial charge in [0, 0.05) is 12.1 Å². The molecular formula is C24H24N2O6. The zero-order chi connectivity index (χ0) is 22.5. The quantitative estimate of drug-likeness (QED) is 0.708. The third-order valence-corrected chi connectivity index (χ3v) is 6.85. The van der Waals surface area contributed by atoms with E-state index >= 15 is 0 Å². The number of benzene rings is 2. The van der Waals surface area contributed by atoms with E-state index in [1.54, 1.807) is 32.2 Å². The van der Waals surface area contributed by atoms with Crippen LogP contribution in [-0.4, -0.2) is 43.7 Å². The summed E-state index contributed by atoms with van der Waals surface area (Å²) in [4.78, 5) is 40.5. The summed E-state index contributed by atoms with van der Waals surface area (Å²) in [5.74, 6) is -2.09. The normalized spacial score (nSPS) is 30.3. The highest BCUT2D eigenvalue weighted by molar-refractivity contribution is 6.12. The molecule has 8 nitrogen and oxygen atoms in total. The molecule has 0 bridgehead atoms. The number of rotatable bonds is 4. The number of methoxy groups -OCH3 is 1. The summed E-state index contributed by atoms with van der Waals surface area (Å²) in [6.07, 6.45) is 0.257. The first kappa shape index (κ1) is 20.5. The number of anilines is 1. The molecule has 2 aromatic carbocycles. The van der Waals surface area contributed by atoms with E-state index in [0.29, 0.717) is 17.0 Å². The van der Waals surface area contributed by atoms with Crippen LogP contribution in [-0.2, 0) is 29.3 Å². The van der Waals surface area contributed by atoms with E-state index in [9.17, 15) is 14.4 Å². The smallest absolute Gasteiger partial charge is 0.327 e. The average Bonchev–Trinajstić information content (AvgIpc) is 3.42. The van der Waals surface area contributed by atoms with Gasteiger partial charge in [-0.05, 0) is 36.2 Å². The number of hydrogen-bond acceptors (Lipinski definition) is 7. The van der Waals surface area contributed by atoms with E-state index in [-0.39, 0.29) is 25.5 Å². The lowest BCUT2D eigenvalue weighted by Gasteiger charge is -2.35. The molecule has 4 atom stereocenters. The zero-order valence-electron chi connectivity index (χ0n) is 17.8. The molecule has 0 radical (unpaired) electrons. The minimum Gasteiger partial charge on any atom is -0.497 e. The molecule has 3 aliphatic rings. The molecule has 2 fully saturated rings. The second-order valence-corrected chi connectivity index (χ2v) is 8.27. The van der Waals surface area contributed by atoms with Crippen LogP contribution in [0.15, 0.2) is 48.5 Å². The second kappa shape index (κ2) is 7.34. The van der Waals surface area contributed by atoms with Gasteiger partial charge in [0.2, 0.25) is 5.91 Å².